The van der Waals surface area contributed by atoms with Gasteiger partial charge in [0.2, 0.25) is 0 Å². The van der Waals surface area contributed by atoms with Crippen molar-refractivity contribution < 1.29 is 24.3 Å². The highest BCUT2D eigenvalue weighted by molar-refractivity contribution is 5.68. The van der Waals surface area contributed by atoms with Crippen LogP contribution in [0.15, 0.2) is 12.1 Å². The molecule has 8 heteroatoms. The third-order valence-electron chi connectivity index (χ3n) is 4.40. The van der Waals surface area contributed by atoms with Crippen molar-refractivity contribution in [3.8, 4) is 5.75 Å². The fourth-order valence-electron chi connectivity index (χ4n) is 3.18. The van der Waals surface area contributed by atoms with Gasteiger partial charge in [-0.25, -0.2) is 4.79 Å². The normalized spacial score (nSPS) is 20.6. The van der Waals surface area contributed by atoms with Gasteiger partial charge < -0.3 is 19.5 Å². The summed E-state index contributed by atoms with van der Waals surface area (Å²) in [6.45, 7) is 7.74. The average Bonchev–Trinajstić information content (AvgIpc) is 2.53. The number of rotatable bonds is 3. The first kappa shape index (κ1) is 20.0. The lowest BCUT2D eigenvalue weighted by Crippen LogP contribution is -2.47. The summed E-state index contributed by atoms with van der Waals surface area (Å²) in [5.74, 6) is -0.0687. The molecule has 0 radical (unpaired) electrons. The van der Waals surface area contributed by atoms with E-state index in [9.17, 15) is 20.0 Å². The average molecular weight is 366 g/mol. The molecule has 1 fully saturated rings. The number of hydrogen-bond donors (Lipinski definition) is 1. The SMILES string of the molecule is COc1cc(C2CCN(C(=O)OC(C)(C)C)CC2O)c(C)cc1[N+](=O)[O-]. The molecule has 1 saturated heterocycles. The van der Waals surface area contributed by atoms with Crippen molar-refractivity contribution in [3.05, 3.63) is 33.4 Å². The second-order valence-electron chi connectivity index (χ2n) is 7.53. The standard InChI is InChI=1S/C18H26N2O6/c1-11-8-14(20(23)24)16(25-5)9-13(11)12-6-7-19(10-15(12)21)17(22)26-18(2,3)4/h8-9,12,15,21H,6-7,10H2,1-5H3. The van der Waals surface area contributed by atoms with Gasteiger partial charge in [0.05, 0.1) is 24.7 Å². The van der Waals surface area contributed by atoms with Crippen LogP contribution >= 0.6 is 0 Å². The number of β-amino-alcohol motifs (C(OH)–C–C–N with tert-alkyl or cyclic N) is 1. The van der Waals surface area contributed by atoms with E-state index in [-0.39, 0.29) is 23.9 Å². The second-order valence-corrected chi connectivity index (χ2v) is 7.53. The highest BCUT2D eigenvalue weighted by Gasteiger charge is 2.34. The molecular formula is C18H26N2O6. The molecule has 0 spiro atoms. The van der Waals surface area contributed by atoms with Crippen LogP contribution in [0.5, 0.6) is 5.75 Å². The highest BCUT2D eigenvalue weighted by atomic mass is 16.6. The monoisotopic (exact) mass is 366 g/mol. The number of aliphatic hydroxyl groups is 1. The van der Waals surface area contributed by atoms with Gasteiger partial charge in [-0.05, 0) is 51.3 Å². The summed E-state index contributed by atoms with van der Waals surface area (Å²) in [4.78, 5) is 24.3. The van der Waals surface area contributed by atoms with E-state index in [1.54, 1.807) is 33.8 Å². The molecule has 1 heterocycles. The summed E-state index contributed by atoms with van der Waals surface area (Å²) in [5.41, 5.74) is 0.812. The Hall–Kier alpha value is -2.35. The maximum Gasteiger partial charge on any atom is 0.410 e. The van der Waals surface area contributed by atoms with E-state index in [4.69, 9.17) is 9.47 Å². The Bertz CT molecular complexity index is 698. The van der Waals surface area contributed by atoms with Crippen molar-refractivity contribution in [1.82, 2.24) is 4.90 Å². The summed E-state index contributed by atoms with van der Waals surface area (Å²) in [6.07, 6.45) is -0.712. The Balaban J connectivity index is 2.19. The van der Waals surface area contributed by atoms with Crippen LogP contribution in [0.3, 0.4) is 0 Å². The molecule has 1 aliphatic rings. The first-order valence-electron chi connectivity index (χ1n) is 8.52. The van der Waals surface area contributed by atoms with Crippen molar-refractivity contribution >= 4 is 11.8 Å². The second kappa shape index (κ2) is 7.49. The molecular weight excluding hydrogens is 340 g/mol. The maximum absolute atomic E-state index is 12.2. The zero-order valence-electron chi connectivity index (χ0n) is 15.8. The third-order valence-corrected chi connectivity index (χ3v) is 4.40. The number of carbonyl (C=O) groups excluding carboxylic acids is 1. The van der Waals surface area contributed by atoms with Crippen LogP contribution in [-0.4, -0.2) is 52.9 Å². The lowest BCUT2D eigenvalue weighted by Gasteiger charge is -2.37. The molecule has 0 saturated carbocycles. The minimum atomic E-state index is -0.791. The number of nitro benzene ring substituents is 1. The summed E-state index contributed by atoms with van der Waals surface area (Å²) >= 11 is 0. The zero-order chi connectivity index (χ0) is 19.6. The van der Waals surface area contributed by atoms with Crippen molar-refractivity contribution in [2.75, 3.05) is 20.2 Å². The lowest BCUT2D eigenvalue weighted by molar-refractivity contribution is -0.385. The fraction of sp³-hybridized carbons (Fsp3) is 0.611. The van der Waals surface area contributed by atoms with E-state index in [1.165, 1.54) is 18.1 Å². The molecule has 0 bridgehead atoms. The predicted octanol–water partition coefficient (Wildman–Crippen LogP) is 3.00. The molecule has 1 N–H and O–H groups in total. The molecule has 2 rings (SSSR count). The molecule has 2 atom stereocenters. The van der Waals surface area contributed by atoms with Crippen LogP contribution < -0.4 is 4.74 Å². The van der Waals surface area contributed by atoms with Gasteiger partial charge in [0.1, 0.15) is 5.60 Å². The minimum Gasteiger partial charge on any atom is -0.490 e. The van der Waals surface area contributed by atoms with Crippen LogP contribution in [-0.2, 0) is 4.74 Å². The molecule has 26 heavy (non-hydrogen) atoms. The van der Waals surface area contributed by atoms with Gasteiger partial charge in [-0.15, -0.1) is 0 Å². The van der Waals surface area contributed by atoms with Crippen molar-refractivity contribution in [1.29, 1.82) is 0 Å². The predicted molar refractivity (Wildman–Crippen MR) is 95.6 cm³/mol. The number of likely N-dealkylation sites (tertiary alicyclic amines) is 1. The van der Waals surface area contributed by atoms with Crippen molar-refractivity contribution in [3.63, 3.8) is 0 Å². The first-order valence-corrected chi connectivity index (χ1v) is 8.52. The Morgan fingerprint density at radius 3 is 2.54 bits per heavy atom. The van der Waals surface area contributed by atoms with E-state index in [1.807, 2.05) is 0 Å². The van der Waals surface area contributed by atoms with Crippen LogP contribution in [0.1, 0.15) is 44.2 Å². The Morgan fingerprint density at radius 2 is 2.04 bits per heavy atom. The van der Waals surface area contributed by atoms with Crippen molar-refractivity contribution in [2.24, 2.45) is 0 Å². The molecule has 1 amide bonds. The number of benzene rings is 1. The summed E-state index contributed by atoms with van der Waals surface area (Å²) in [5, 5.41) is 21.7. The van der Waals surface area contributed by atoms with Crippen molar-refractivity contribution in [2.45, 2.75) is 51.7 Å². The van der Waals surface area contributed by atoms with Gasteiger partial charge in [0, 0.05) is 18.5 Å². The number of nitrogens with zero attached hydrogens (tertiary/aromatic N) is 2. The van der Waals surface area contributed by atoms with E-state index in [0.717, 1.165) is 5.56 Å². The smallest absolute Gasteiger partial charge is 0.410 e. The zero-order valence-corrected chi connectivity index (χ0v) is 15.8. The number of aryl methyl sites for hydroxylation is 1. The summed E-state index contributed by atoms with van der Waals surface area (Å²) in [6, 6.07) is 3.08. The van der Waals surface area contributed by atoms with Crippen LogP contribution in [0.2, 0.25) is 0 Å². The van der Waals surface area contributed by atoms with Gasteiger partial charge >= 0.3 is 11.8 Å². The van der Waals surface area contributed by atoms with Gasteiger partial charge in [-0.3, -0.25) is 10.1 Å². The van der Waals surface area contributed by atoms with Crippen LogP contribution in [0.4, 0.5) is 10.5 Å². The van der Waals surface area contributed by atoms with Gasteiger partial charge in [0.25, 0.3) is 0 Å². The quantitative estimate of drug-likeness (QED) is 0.652. The highest BCUT2D eigenvalue weighted by Crippen LogP contribution is 2.37. The number of carbonyl (C=O) groups is 1. The molecule has 1 aliphatic heterocycles. The van der Waals surface area contributed by atoms with Gasteiger partial charge in [-0.2, -0.15) is 0 Å². The topological polar surface area (TPSA) is 102 Å². The number of amides is 1. The molecule has 0 aromatic heterocycles. The lowest BCUT2D eigenvalue weighted by atomic mass is 9.84. The van der Waals surface area contributed by atoms with Crippen LogP contribution in [0.25, 0.3) is 0 Å². The van der Waals surface area contributed by atoms with Crippen LogP contribution in [0, 0.1) is 17.0 Å². The summed E-state index contributed by atoms with van der Waals surface area (Å²) < 4.78 is 10.5. The number of hydrogen-bond acceptors (Lipinski definition) is 6. The Labute approximate surface area is 152 Å². The molecule has 1 aromatic carbocycles. The number of nitro groups is 1. The maximum atomic E-state index is 12.2. The third kappa shape index (κ3) is 4.43. The molecule has 144 valence electrons. The number of piperidine rings is 1. The number of methoxy groups -OCH3 is 1. The number of aliphatic hydroxyl groups excluding tert-OH is 1. The molecule has 2 unspecified atom stereocenters. The fourth-order valence-corrected chi connectivity index (χ4v) is 3.18. The largest absolute Gasteiger partial charge is 0.490 e. The van der Waals surface area contributed by atoms with E-state index in [2.05, 4.69) is 0 Å². The number of ether oxygens (including phenoxy) is 2. The minimum absolute atomic E-state index is 0.102. The van der Waals surface area contributed by atoms with Gasteiger partial charge in [-0.1, -0.05) is 0 Å². The van der Waals surface area contributed by atoms with E-state index >= 15 is 0 Å². The first-order chi connectivity index (χ1) is 12.0. The van der Waals surface area contributed by atoms with Gasteiger partial charge in [0.15, 0.2) is 5.75 Å². The summed E-state index contributed by atoms with van der Waals surface area (Å²) in [7, 11) is 1.38. The van der Waals surface area contributed by atoms with E-state index < -0.39 is 22.7 Å². The van der Waals surface area contributed by atoms with E-state index in [0.29, 0.717) is 18.5 Å². The molecule has 8 nitrogen and oxygen atoms in total. The Morgan fingerprint density at radius 1 is 1.38 bits per heavy atom. The molecule has 0 aliphatic carbocycles. The Kier molecular flexibility index (Phi) is 5.75. The molecule has 1 aromatic rings.